The molecule has 2 aromatic heterocycles. The van der Waals surface area contributed by atoms with Crippen LogP contribution >= 0.6 is 12.2 Å². The van der Waals surface area contributed by atoms with Gasteiger partial charge in [0.05, 0.1) is 17.8 Å². The van der Waals surface area contributed by atoms with Crippen LogP contribution in [0.1, 0.15) is 51.4 Å². The molecule has 3 heterocycles. The van der Waals surface area contributed by atoms with Crippen molar-refractivity contribution < 1.29 is 0 Å². The summed E-state index contributed by atoms with van der Waals surface area (Å²) in [6, 6.07) is 23.6. The molecule has 5 heteroatoms. The normalized spacial score (nSPS) is 17.8. The minimum absolute atomic E-state index is 0.0176. The zero-order valence-electron chi connectivity index (χ0n) is 20.3. The molecular weight excluding hydrogens is 436 g/mol. The van der Waals surface area contributed by atoms with Crippen LogP contribution in [0.3, 0.4) is 0 Å². The number of pyridine rings is 1. The number of nitrogens with zero attached hydrogens (tertiary/aromatic N) is 3. The van der Waals surface area contributed by atoms with Gasteiger partial charge in [-0.1, -0.05) is 29.8 Å². The number of aryl methyl sites for hydroxylation is 4. The van der Waals surface area contributed by atoms with Gasteiger partial charge in [-0.3, -0.25) is 4.98 Å². The van der Waals surface area contributed by atoms with Crippen LogP contribution in [-0.4, -0.2) is 14.7 Å². The van der Waals surface area contributed by atoms with Gasteiger partial charge in [-0.05, 0) is 106 Å². The van der Waals surface area contributed by atoms with Gasteiger partial charge in [-0.2, -0.15) is 0 Å². The van der Waals surface area contributed by atoms with Gasteiger partial charge in [-0.15, -0.1) is 0 Å². The maximum absolute atomic E-state index is 5.90. The fourth-order valence-electron chi connectivity index (χ4n) is 5.22. The second kappa shape index (κ2) is 8.73. The molecule has 0 aliphatic carbocycles. The summed E-state index contributed by atoms with van der Waals surface area (Å²) in [7, 11) is 0. The number of thiocarbonyl (C=S) groups is 1. The first-order valence-electron chi connectivity index (χ1n) is 11.7. The predicted octanol–water partition coefficient (Wildman–Crippen LogP) is 6.59. The third-order valence-corrected chi connectivity index (χ3v) is 6.98. The number of aromatic nitrogens is 2. The van der Waals surface area contributed by atoms with Crippen molar-refractivity contribution in [1.29, 1.82) is 0 Å². The van der Waals surface area contributed by atoms with Crippen LogP contribution in [-0.2, 0) is 0 Å². The second-order valence-corrected chi connectivity index (χ2v) is 9.73. The molecule has 1 fully saturated rings. The lowest BCUT2D eigenvalue weighted by atomic mass is 9.96. The summed E-state index contributed by atoms with van der Waals surface area (Å²) in [6.45, 7) is 10.8. The Morgan fingerprint density at radius 3 is 2.15 bits per heavy atom. The van der Waals surface area contributed by atoms with E-state index in [1.807, 2.05) is 18.3 Å². The smallest absolute Gasteiger partial charge is 0.174 e. The summed E-state index contributed by atoms with van der Waals surface area (Å²) in [5.41, 5.74) is 10.7. The van der Waals surface area contributed by atoms with E-state index in [-0.39, 0.29) is 12.1 Å². The zero-order valence-corrected chi connectivity index (χ0v) is 21.1. The lowest BCUT2D eigenvalue weighted by Crippen LogP contribution is -2.29. The van der Waals surface area contributed by atoms with Crippen LogP contribution in [0.25, 0.3) is 5.69 Å². The first kappa shape index (κ1) is 22.4. The van der Waals surface area contributed by atoms with Crippen molar-refractivity contribution in [1.82, 2.24) is 14.9 Å². The largest absolute Gasteiger partial charge is 0.351 e. The average Bonchev–Trinajstić information content (AvgIpc) is 3.29. The molecule has 2 atom stereocenters. The van der Waals surface area contributed by atoms with E-state index in [0.29, 0.717) is 0 Å². The number of nitrogens with one attached hydrogen (secondary N) is 1. The Balaban J connectivity index is 1.69. The molecular formula is C29H30N4S. The van der Waals surface area contributed by atoms with Gasteiger partial charge in [0.25, 0.3) is 0 Å². The van der Waals surface area contributed by atoms with Gasteiger partial charge in [0.15, 0.2) is 5.11 Å². The minimum atomic E-state index is -0.0526. The van der Waals surface area contributed by atoms with Crippen molar-refractivity contribution in [3.05, 3.63) is 112 Å². The van der Waals surface area contributed by atoms with E-state index < -0.39 is 0 Å². The molecule has 0 radical (unpaired) electrons. The highest BCUT2D eigenvalue weighted by atomic mass is 32.1. The zero-order chi connectivity index (χ0) is 24.0. The number of benzene rings is 2. The molecule has 4 nitrogen and oxygen atoms in total. The van der Waals surface area contributed by atoms with Crippen molar-refractivity contribution in [2.75, 3.05) is 4.90 Å². The molecule has 1 saturated heterocycles. The van der Waals surface area contributed by atoms with E-state index in [4.69, 9.17) is 17.2 Å². The van der Waals surface area contributed by atoms with E-state index in [9.17, 15) is 0 Å². The lowest BCUT2D eigenvalue weighted by molar-refractivity contribution is 0.565. The third kappa shape index (κ3) is 3.90. The van der Waals surface area contributed by atoms with Gasteiger partial charge < -0.3 is 14.8 Å². The van der Waals surface area contributed by atoms with Crippen molar-refractivity contribution >= 4 is 23.0 Å². The maximum Gasteiger partial charge on any atom is 0.174 e. The van der Waals surface area contributed by atoms with Crippen LogP contribution in [0.2, 0.25) is 0 Å². The van der Waals surface area contributed by atoms with Gasteiger partial charge in [0, 0.05) is 29.0 Å². The predicted molar refractivity (Wildman–Crippen MR) is 144 cm³/mol. The molecule has 0 spiro atoms. The molecule has 0 unspecified atom stereocenters. The van der Waals surface area contributed by atoms with E-state index in [1.165, 1.54) is 39.3 Å². The first-order valence-corrected chi connectivity index (χ1v) is 12.1. The third-order valence-electron chi connectivity index (χ3n) is 6.66. The van der Waals surface area contributed by atoms with Gasteiger partial charge in [0.2, 0.25) is 0 Å². The molecule has 4 aromatic rings. The van der Waals surface area contributed by atoms with E-state index in [1.54, 1.807) is 0 Å². The summed E-state index contributed by atoms with van der Waals surface area (Å²) in [6.07, 6.45) is 1.85. The Labute approximate surface area is 207 Å². The van der Waals surface area contributed by atoms with Crippen molar-refractivity contribution in [3.63, 3.8) is 0 Å². The van der Waals surface area contributed by atoms with Crippen LogP contribution in [0.4, 0.5) is 5.69 Å². The molecule has 0 saturated carbocycles. The summed E-state index contributed by atoms with van der Waals surface area (Å²) in [5, 5.41) is 4.30. The number of rotatable bonds is 4. The molecule has 0 bridgehead atoms. The van der Waals surface area contributed by atoms with E-state index in [2.05, 4.69) is 104 Å². The Hall–Kier alpha value is -3.44. The van der Waals surface area contributed by atoms with Crippen LogP contribution in [0, 0.1) is 34.6 Å². The summed E-state index contributed by atoms with van der Waals surface area (Å²) >= 11 is 5.90. The van der Waals surface area contributed by atoms with Gasteiger partial charge in [0.1, 0.15) is 0 Å². The van der Waals surface area contributed by atoms with Crippen molar-refractivity contribution in [2.45, 2.75) is 46.7 Å². The fourth-order valence-corrected chi connectivity index (χ4v) is 5.56. The highest BCUT2D eigenvalue weighted by Gasteiger charge is 2.42. The minimum Gasteiger partial charge on any atom is -0.351 e. The molecule has 172 valence electrons. The van der Waals surface area contributed by atoms with Crippen LogP contribution in [0.15, 0.2) is 72.9 Å². The van der Waals surface area contributed by atoms with Crippen LogP contribution < -0.4 is 10.2 Å². The average molecular weight is 467 g/mol. The molecule has 0 amide bonds. The van der Waals surface area contributed by atoms with Crippen LogP contribution in [0.5, 0.6) is 0 Å². The number of anilines is 1. The summed E-state index contributed by atoms with van der Waals surface area (Å²) in [4.78, 5) is 6.95. The molecule has 1 aliphatic heterocycles. The molecule has 2 aromatic carbocycles. The Bertz CT molecular complexity index is 1330. The highest BCUT2D eigenvalue weighted by molar-refractivity contribution is 7.80. The molecule has 1 aliphatic rings. The first-order chi connectivity index (χ1) is 16.3. The SMILES string of the molecule is Cc1ccc(N2C(=S)N[C@H](c3ccccn3)[C@H]2c2cc(C)n(-c3cc(C)cc(C)c3)c2C)cc1. The molecule has 34 heavy (non-hydrogen) atoms. The molecule has 5 rings (SSSR count). The van der Waals surface area contributed by atoms with Gasteiger partial charge >= 0.3 is 0 Å². The van der Waals surface area contributed by atoms with E-state index >= 15 is 0 Å². The van der Waals surface area contributed by atoms with Crippen molar-refractivity contribution in [2.24, 2.45) is 0 Å². The monoisotopic (exact) mass is 466 g/mol. The summed E-state index contributed by atoms with van der Waals surface area (Å²) in [5.74, 6) is 0. The molecule has 1 N–H and O–H groups in total. The lowest BCUT2D eigenvalue weighted by Gasteiger charge is -2.28. The Kier molecular flexibility index (Phi) is 5.74. The maximum atomic E-state index is 5.90. The van der Waals surface area contributed by atoms with Gasteiger partial charge in [-0.25, -0.2) is 0 Å². The second-order valence-electron chi connectivity index (χ2n) is 9.34. The Morgan fingerprint density at radius 2 is 1.50 bits per heavy atom. The highest BCUT2D eigenvalue weighted by Crippen LogP contribution is 2.43. The number of hydrogen-bond acceptors (Lipinski definition) is 2. The fraction of sp³-hybridized carbons (Fsp3) is 0.241. The topological polar surface area (TPSA) is 33.1 Å². The quantitative estimate of drug-likeness (QED) is 0.344. The number of hydrogen-bond donors (Lipinski definition) is 1. The summed E-state index contributed by atoms with van der Waals surface area (Å²) < 4.78 is 2.36. The van der Waals surface area contributed by atoms with Crippen molar-refractivity contribution in [3.8, 4) is 5.69 Å². The standard InChI is InChI=1S/C29H30N4S/c1-18-9-11-23(12-10-18)33-28(27(31-29(33)34)26-8-6-7-13-30-26)25-17-21(4)32(22(25)5)24-15-19(2)14-20(3)16-24/h6-17,27-28H,1-5H3,(H,31,34)/t27-,28-/m1/s1. The van der Waals surface area contributed by atoms with E-state index in [0.717, 1.165) is 16.5 Å². The Morgan fingerprint density at radius 1 is 0.794 bits per heavy atom.